The van der Waals surface area contributed by atoms with Gasteiger partial charge in [-0.15, -0.1) is 0 Å². The Labute approximate surface area is 161 Å². The van der Waals surface area contributed by atoms with E-state index in [1.165, 1.54) is 11.1 Å². The SMILES string of the molecule is CC1(C)[C](c2ccc(Br)cc2)C2C=CCC2[C]1c1ccc(Br)cc1. The number of fused-ring (bicyclic) bond motifs is 1. The first-order valence-corrected chi connectivity index (χ1v) is 10.0. The highest BCUT2D eigenvalue weighted by Crippen LogP contribution is 2.64. The maximum Gasteiger partial charge on any atom is 0.0187 e. The summed E-state index contributed by atoms with van der Waals surface area (Å²) in [5, 5.41) is 0. The van der Waals surface area contributed by atoms with Gasteiger partial charge in [0.15, 0.2) is 0 Å². The van der Waals surface area contributed by atoms with Crippen LogP contribution < -0.4 is 0 Å². The van der Waals surface area contributed by atoms with Crippen LogP contribution in [0, 0.1) is 29.1 Å². The van der Waals surface area contributed by atoms with Crippen LogP contribution in [0.25, 0.3) is 0 Å². The third-order valence-corrected chi connectivity index (χ3v) is 6.59. The molecule has 0 N–H and O–H groups in total. The maximum absolute atomic E-state index is 3.56. The van der Waals surface area contributed by atoms with E-state index in [9.17, 15) is 0 Å². The van der Waals surface area contributed by atoms with Crippen LogP contribution in [0.15, 0.2) is 69.6 Å². The average Bonchev–Trinajstić information content (AvgIpc) is 3.07. The van der Waals surface area contributed by atoms with Gasteiger partial charge in [-0.3, -0.25) is 0 Å². The molecule has 2 aromatic rings. The summed E-state index contributed by atoms with van der Waals surface area (Å²) in [6.07, 6.45) is 5.94. The smallest absolute Gasteiger partial charge is 0.0187 e. The van der Waals surface area contributed by atoms with E-state index < -0.39 is 0 Å². The topological polar surface area (TPSA) is 0 Å². The lowest BCUT2D eigenvalue weighted by atomic mass is 9.68. The van der Waals surface area contributed by atoms with Gasteiger partial charge in [-0.05, 0) is 59.1 Å². The molecule has 0 aromatic heterocycles. The second-order valence-electron chi connectivity index (χ2n) is 7.26. The molecule has 2 unspecified atom stereocenters. The Kier molecular flexibility index (Phi) is 4.25. The molecule has 0 spiro atoms. The van der Waals surface area contributed by atoms with Crippen LogP contribution in [0.1, 0.15) is 31.4 Å². The molecule has 2 aliphatic rings. The Bertz CT molecular complexity index is 756. The van der Waals surface area contributed by atoms with E-state index >= 15 is 0 Å². The van der Waals surface area contributed by atoms with Crippen LogP contribution in [0.2, 0.25) is 0 Å². The average molecular weight is 444 g/mol. The Hall–Kier alpha value is -0.860. The Morgan fingerprint density at radius 1 is 0.792 bits per heavy atom. The first kappa shape index (κ1) is 16.6. The van der Waals surface area contributed by atoms with E-state index in [2.05, 4.69) is 106 Å². The highest BCUT2D eigenvalue weighted by Gasteiger charge is 2.56. The Morgan fingerprint density at radius 3 is 1.83 bits per heavy atom. The molecule has 24 heavy (non-hydrogen) atoms. The number of hydrogen-bond donors (Lipinski definition) is 0. The van der Waals surface area contributed by atoms with Gasteiger partial charge in [0.05, 0.1) is 0 Å². The Balaban J connectivity index is 1.79. The maximum atomic E-state index is 3.56. The zero-order valence-corrected chi connectivity index (χ0v) is 17.1. The Morgan fingerprint density at radius 2 is 1.29 bits per heavy atom. The number of halogens is 2. The van der Waals surface area contributed by atoms with Crippen LogP contribution in [-0.2, 0) is 0 Å². The van der Waals surface area contributed by atoms with Crippen LogP contribution in [0.3, 0.4) is 0 Å². The van der Waals surface area contributed by atoms with Crippen molar-refractivity contribution in [1.82, 2.24) is 0 Å². The van der Waals surface area contributed by atoms with Gasteiger partial charge in [0.1, 0.15) is 0 Å². The summed E-state index contributed by atoms with van der Waals surface area (Å²) in [7, 11) is 0. The minimum Gasteiger partial charge on any atom is -0.0879 e. The molecule has 122 valence electrons. The van der Waals surface area contributed by atoms with Gasteiger partial charge in [0.25, 0.3) is 0 Å². The molecular formula is C22H20Br2. The van der Waals surface area contributed by atoms with Crippen molar-refractivity contribution in [2.75, 3.05) is 0 Å². The summed E-state index contributed by atoms with van der Waals surface area (Å²) in [5.41, 5.74) is 2.83. The molecule has 4 rings (SSSR count). The van der Waals surface area contributed by atoms with Gasteiger partial charge >= 0.3 is 0 Å². The molecule has 1 fully saturated rings. The van der Waals surface area contributed by atoms with Crippen LogP contribution in [-0.4, -0.2) is 0 Å². The predicted molar refractivity (Wildman–Crippen MR) is 107 cm³/mol. The summed E-state index contributed by atoms with van der Waals surface area (Å²) in [4.78, 5) is 0. The third kappa shape index (κ3) is 2.63. The molecular weight excluding hydrogens is 424 g/mol. The third-order valence-electron chi connectivity index (χ3n) is 5.53. The molecule has 2 atom stereocenters. The lowest BCUT2D eigenvalue weighted by Gasteiger charge is -2.35. The van der Waals surface area contributed by atoms with E-state index in [0.29, 0.717) is 11.8 Å². The van der Waals surface area contributed by atoms with Gasteiger partial charge in [-0.1, -0.05) is 82.1 Å². The normalized spacial score (nSPS) is 26.0. The molecule has 0 bridgehead atoms. The van der Waals surface area contributed by atoms with Crippen molar-refractivity contribution in [3.63, 3.8) is 0 Å². The number of rotatable bonds is 2. The lowest BCUT2D eigenvalue weighted by molar-refractivity contribution is 0.451. The van der Waals surface area contributed by atoms with Crippen molar-refractivity contribution in [1.29, 1.82) is 0 Å². The van der Waals surface area contributed by atoms with Crippen molar-refractivity contribution in [3.05, 3.63) is 92.6 Å². The number of hydrogen-bond acceptors (Lipinski definition) is 0. The summed E-state index contributed by atoms with van der Waals surface area (Å²) in [5.74, 6) is 4.27. The largest absolute Gasteiger partial charge is 0.0879 e. The van der Waals surface area contributed by atoms with Crippen LogP contribution in [0.5, 0.6) is 0 Å². The number of benzene rings is 2. The van der Waals surface area contributed by atoms with Crippen molar-refractivity contribution in [2.24, 2.45) is 17.3 Å². The van der Waals surface area contributed by atoms with E-state index in [-0.39, 0.29) is 5.41 Å². The minimum absolute atomic E-state index is 0.0712. The summed E-state index contributed by atoms with van der Waals surface area (Å²) in [6.45, 7) is 4.79. The molecule has 2 aliphatic carbocycles. The zero-order chi connectivity index (χ0) is 16.9. The lowest BCUT2D eigenvalue weighted by Crippen LogP contribution is -2.26. The van der Waals surface area contributed by atoms with Gasteiger partial charge < -0.3 is 0 Å². The highest BCUT2D eigenvalue weighted by atomic mass is 79.9. The van der Waals surface area contributed by atoms with E-state index in [1.54, 1.807) is 11.8 Å². The second kappa shape index (κ2) is 6.14. The summed E-state index contributed by atoms with van der Waals surface area (Å²) >= 11 is 7.12. The van der Waals surface area contributed by atoms with Crippen molar-refractivity contribution >= 4 is 31.9 Å². The molecule has 1 saturated carbocycles. The fourth-order valence-electron chi connectivity index (χ4n) is 4.66. The molecule has 0 saturated heterocycles. The minimum atomic E-state index is 0.0712. The fourth-order valence-corrected chi connectivity index (χ4v) is 5.19. The van der Waals surface area contributed by atoms with E-state index in [4.69, 9.17) is 0 Å². The van der Waals surface area contributed by atoms with Gasteiger partial charge in [0, 0.05) is 20.8 Å². The first-order chi connectivity index (χ1) is 11.5. The molecule has 0 aliphatic heterocycles. The molecule has 0 nitrogen and oxygen atoms in total. The fraction of sp³-hybridized carbons (Fsp3) is 0.273. The van der Waals surface area contributed by atoms with Crippen molar-refractivity contribution in [2.45, 2.75) is 20.3 Å². The van der Waals surface area contributed by atoms with Crippen LogP contribution in [0.4, 0.5) is 0 Å². The van der Waals surface area contributed by atoms with E-state index in [1.807, 2.05) is 0 Å². The highest BCUT2D eigenvalue weighted by molar-refractivity contribution is 9.10. The first-order valence-electron chi connectivity index (χ1n) is 8.41. The zero-order valence-electron chi connectivity index (χ0n) is 13.9. The van der Waals surface area contributed by atoms with Crippen molar-refractivity contribution < 1.29 is 0 Å². The molecule has 2 heteroatoms. The number of allylic oxidation sites excluding steroid dienone is 2. The monoisotopic (exact) mass is 442 g/mol. The summed E-state index contributed by atoms with van der Waals surface area (Å²) < 4.78 is 2.28. The van der Waals surface area contributed by atoms with Crippen LogP contribution >= 0.6 is 31.9 Å². The molecule has 2 aromatic carbocycles. The van der Waals surface area contributed by atoms with Gasteiger partial charge in [0.2, 0.25) is 0 Å². The second-order valence-corrected chi connectivity index (χ2v) is 9.09. The predicted octanol–water partition coefficient (Wildman–Crippen LogP) is 6.99. The quantitative estimate of drug-likeness (QED) is 0.438. The molecule has 2 radical (unpaired) electrons. The standard InChI is InChI=1S/C22H20Br2/c1-22(2)20(14-6-10-16(23)11-7-14)18-4-3-5-19(18)21(22)15-8-12-17(24)13-9-15/h3-4,6-13,18-19H,5H2,1-2H3. The van der Waals surface area contributed by atoms with Gasteiger partial charge in [-0.2, -0.15) is 0 Å². The summed E-state index contributed by atoms with van der Waals surface area (Å²) in [6, 6.07) is 17.7. The van der Waals surface area contributed by atoms with Gasteiger partial charge in [-0.25, -0.2) is 0 Å². The van der Waals surface area contributed by atoms with E-state index in [0.717, 1.165) is 15.4 Å². The molecule has 0 heterocycles. The van der Waals surface area contributed by atoms with Crippen molar-refractivity contribution in [3.8, 4) is 0 Å². The molecule has 0 amide bonds.